The lowest BCUT2D eigenvalue weighted by Gasteiger charge is -2.04. The molecule has 0 N–H and O–H groups in total. The number of rotatable bonds is 5. The predicted molar refractivity (Wildman–Crippen MR) is 71.8 cm³/mol. The van der Waals surface area contributed by atoms with Gasteiger partial charge >= 0.3 is 11.7 Å². The van der Waals surface area contributed by atoms with Crippen LogP contribution < -0.4 is 4.74 Å². The summed E-state index contributed by atoms with van der Waals surface area (Å²) in [5.74, 6) is 0.0151. The fourth-order valence-corrected chi connectivity index (χ4v) is 1.84. The first-order valence-electron chi connectivity index (χ1n) is 6.26. The van der Waals surface area contributed by atoms with Gasteiger partial charge in [-0.25, -0.2) is 0 Å². The lowest BCUT2D eigenvalue weighted by Crippen LogP contribution is -2.13. The van der Waals surface area contributed by atoms with Crippen molar-refractivity contribution >= 4 is 11.7 Å². The minimum absolute atomic E-state index is 0.0621. The lowest BCUT2D eigenvalue weighted by atomic mass is 10.3. The topological polar surface area (TPSA) is 105 Å². The first kappa shape index (κ1) is 14.7. The Kier molecular flexibility index (Phi) is 4.01. The van der Waals surface area contributed by atoms with Crippen molar-refractivity contribution in [3.05, 3.63) is 33.9 Å². The molecule has 2 aromatic rings. The second-order valence-corrected chi connectivity index (χ2v) is 4.57. The van der Waals surface area contributed by atoms with Gasteiger partial charge in [-0.1, -0.05) is 0 Å². The zero-order valence-corrected chi connectivity index (χ0v) is 11.9. The quantitative estimate of drug-likeness (QED) is 0.465. The first-order valence-corrected chi connectivity index (χ1v) is 6.26. The predicted octanol–water partition coefficient (Wildman–Crippen LogP) is 1.14. The second-order valence-electron chi connectivity index (χ2n) is 4.57. The van der Waals surface area contributed by atoms with Crippen molar-refractivity contribution in [2.24, 2.45) is 7.05 Å². The van der Waals surface area contributed by atoms with Crippen LogP contribution in [-0.4, -0.2) is 30.5 Å². The summed E-state index contributed by atoms with van der Waals surface area (Å²) < 4.78 is 8.24. The van der Waals surface area contributed by atoms with E-state index in [1.54, 1.807) is 25.6 Å². The Hall–Kier alpha value is -2.71. The van der Waals surface area contributed by atoms with E-state index in [1.165, 1.54) is 10.9 Å². The summed E-state index contributed by atoms with van der Waals surface area (Å²) in [5.41, 5.74) is 1.29. The van der Waals surface area contributed by atoms with Gasteiger partial charge in [0.1, 0.15) is 18.1 Å². The van der Waals surface area contributed by atoms with Crippen LogP contribution in [0.3, 0.4) is 0 Å². The summed E-state index contributed by atoms with van der Waals surface area (Å²) in [6.45, 7) is 3.77. The maximum absolute atomic E-state index is 11.8. The Balaban J connectivity index is 1.94. The Bertz CT molecular complexity index is 688. The molecule has 0 aromatic carbocycles. The minimum atomic E-state index is -0.538. The van der Waals surface area contributed by atoms with E-state index in [2.05, 4.69) is 10.2 Å². The van der Waals surface area contributed by atoms with Gasteiger partial charge in [0.05, 0.1) is 23.6 Å². The van der Waals surface area contributed by atoms with Crippen LogP contribution in [-0.2, 0) is 18.4 Å². The van der Waals surface area contributed by atoms with Crippen molar-refractivity contribution in [2.75, 3.05) is 0 Å². The standard InChI is InChI=1S/C12H15N5O4/c1-8-12(9(2)15(3)14-8)21-11(18)4-5-16-7-10(6-13-16)17(19)20/h6-7H,4-5H2,1-3H3. The molecule has 21 heavy (non-hydrogen) atoms. The van der Waals surface area contributed by atoms with Crippen molar-refractivity contribution in [2.45, 2.75) is 26.8 Å². The zero-order chi connectivity index (χ0) is 15.6. The van der Waals surface area contributed by atoms with Gasteiger partial charge in [0.15, 0.2) is 5.75 Å². The molecule has 2 heterocycles. The van der Waals surface area contributed by atoms with E-state index in [9.17, 15) is 14.9 Å². The van der Waals surface area contributed by atoms with E-state index in [-0.39, 0.29) is 18.7 Å². The summed E-state index contributed by atoms with van der Waals surface area (Å²) in [6.07, 6.45) is 2.47. The number of nitrogens with zero attached hydrogens (tertiary/aromatic N) is 5. The van der Waals surface area contributed by atoms with E-state index in [4.69, 9.17) is 4.74 Å². The molecule has 0 saturated heterocycles. The third-order valence-corrected chi connectivity index (χ3v) is 3.03. The summed E-state index contributed by atoms with van der Waals surface area (Å²) in [5, 5.41) is 18.5. The Morgan fingerprint density at radius 1 is 1.48 bits per heavy atom. The molecule has 0 spiro atoms. The van der Waals surface area contributed by atoms with Crippen LogP contribution >= 0.6 is 0 Å². The molecule has 0 saturated carbocycles. The average Bonchev–Trinajstić information content (AvgIpc) is 2.98. The fourth-order valence-electron chi connectivity index (χ4n) is 1.84. The molecule has 2 rings (SSSR count). The number of esters is 1. The average molecular weight is 293 g/mol. The molecule has 0 unspecified atom stereocenters. The molecule has 112 valence electrons. The van der Waals surface area contributed by atoms with Crippen LogP contribution in [0.25, 0.3) is 0 Å². The second kappa shape index (κ2) is 5.73. The minimum Gasteiger partial charge on any atom is -0.423 e. The van der Waals surface area contributed by atoms with Crippen molar-refractivity contribution in [1.82, 2.24) is 19.6 Å². The Morgan fingerprint density at radius 2 is 2.19 bits per heavy atom. The van der Waals surface area contributed by atoms with E-state index >= 15 is 0 Å². The zero-order valence-electron chi connectivity index (χ0n) is 11.9. The summed E-state index contributed by atoms with van der Waals surface area (Å²) in [7, 11) is 1.77. The van der Waals surface area contributed by atoms with E-state index < -0.39 is 10.9 Å². The van der Waals surface area contributed by atoms with Gasteiger partial charge in [0.2, 0.25) is 0 Å². The maximum atomic E-state index is 11.8. The third-order valence-electron chi connectivity index (χ3n) is 3.03. The number of hydrogen-bond acceptors (Lipinski definition) is 6. The molecule has 0 aliphatic carbocycles. The van der Waals surface area contributed by atoms with Crippen molar-refractivity contribution in [1.29, 1.82) is 0 Å². The van der Waals surface area contributed by atoms with Crippen LogP contribution in [0, 0.1) is 24.0 Å². The maximum Gasteiger partial charge on any atom is 0.313 e. The van der Waals surface area contributed by atoms with Gasteiger partial charge in [0.25, 0.3) is 0 Å². The summed E-state index contributed by atoms with van der Waals surface area (Å²) >= 11 is 0. The number of hydrogen-bond donors (Lipinski definition) is 0. The normalized spacial score (nSPS) is 10.6. The monoisotopic (exact) mass is 293 g/mol. The van der Waals surface area contributed by atoms with Gasteiger partial charge in [-0.15, -0.1) is 0 Å². The molecular formula is C12H15N5O4. The summed E-state index contributed by atoms with van der Waals surface area (Å²) in [6, 6.07) is 0. The molecule has 0 bridgehead atoms. The number of carbonyl (C=O) groups excluding carboxylic acids is 1. The van der Waals surface area contributed by atoms with Gasteiger partial charge in [0, 0.05) is 7.05 Å². The highest BCUT2D eigenvalue weighted by Crippen LogP contribution is 2.21. The number of aromatic nitrogens is 4. The van der Waals surface area contributed by atoms with Crippen molar-refractivity contribution in [3.8, 4) is 5.75 Å². The third kappa shape index (κ3) is 3.25. The lowest BCUT2D eigenvalue weighted by molar-refractivity contribution is -0.385. The van der Waals surface area contributed by atoms with Gasteiger partial charge in [-0.2, -0.15) is 10.2 Å². The van der Waals surface area contributed by atoms with E-state index in [0.717, 1.165) is 11.9 Å². The molecule has 9 nitrogen and oxygen atoms in total. The highest BCUT2D eigenvalue weighted by molar-refractivity contribution is 5.72. The summed E-state index contributed by atoms with van der Waals surface area (Å²) in [4.78, 5) is 21.8. The van der Waals surface area contributed by atoms with Gasteiger partial charge < -0.3 is 4.74 Å². The SMILES string of the molecule is Cc1nn(C)c(C)c1OC(=O)CCn1cc([N+](=O)[O-])cn1. The van der Waals surface area contributed by atoms with E-state index in [1.807, 2.05) is 0 Å². The molecule has 0 aliphatic heterocycles. The molecule has 0 radical (unpaired) electrons. The Labute approximate surface area is 120 Å². The van der Waals surface area contributed by atoms with Crippen LogP contribution in [0.1, 0.15) is 17.8 Å². The van der Waals surface area contributed by atoms with Crippen LogP contribution in [0.2, 0.25) is 0 Å². The number of ether oxygens (including phenoxy) is 1. The molecule has 2 aromatic heterocycles. The number of nitro groups is 1. The van der Waals surface area contributed by atoms with E-state index in [0.29, 0.717) is 11.4 Å². The van der Waals surface area contributed by atoms with Crippen LogP contribution in [0.5, 0.6) is 5.75 Å². The Morgan fingerprint density at radius 3 is 2.71 bits per heavy atom. The highest BCUT2D eigenvalue weighted by atomic mass is 16.6. The molecule has 0 amide bonds. The van der Waals surface area contributed by atoms with Crippen LogP contribution in [0.4, 0.5) is 5.69 Å². The molecule has 0 fully saturated rings. The molecule has 0 atom stereocenters. The molecule has 0 aliphatic rings. The number of aryl methyl sites for hydroxylation is 3. The smallest absolute Gasteiger partial charge is 0.313 e. The highest BCUT2D eigenvalue weighted by Gasteiger charge is 2.15. The number of carbonyl (C=O) groups is 1. The van der Waals surface area contributed by atoms with Crippen LogP contribution in [0.15, 0.2) is 12.4 Å². The molecular weight excluding hydrogens is 278 g/mol. The largest absolute Gasteiger partial charge is 0.423 e. The van der Waals surface area contributed by atoms with Gasteiger partial charge in [-0.3, -0.25) is 24.3 Å². The molecule has 9 heteroatoms. The van der Waals surface area contributed by atoms with Crippen molar-refractivity contribution in [3.63, 3.8) is 0 Å². The first-order chi connectivity index (χ1) is 9.88. The fraction of sp³-hybridized carbons (Fsp3) is 0.417. The van der Waals surface area contributed by atoms with Gasteiger partial charge in [-0.05, 0) is 13.8 Å². The van der Waals surface area contributed by atoms with Crippen molar-refractivity contribution < 1.29 is 14.5 Å².